The summed E-state index contributed by atoms with van der Waals surface area (Å²) in [4.78, 5) is 11.2. The second-order valence-corrected chi connectivity index (χ2v) is 5.15. The molecule has 0 aliphatic heterocycles. The van der Waals surface area contributed by atoms with Gasteiger partial charge in [-0.05, 0) is 43.4 Å². The summed E-state index contributed by atoms with van der Waals surface area (Å²) in [5, 5.41) is 3.40. The molecule has 0 radical (unpaired) electrons. The van der Waals surface area contributed by atoms with Crippen LogP contribution in [0, 0.1) is 0 Å². The Kier molecular flexibility index (Phi) is 5.41. The van der Waals surface area contributed by atoms with Crippen molar-refractivity contribution in [1.29, 1.82) is 0 Å². The average molecular weight is 277 g/mol. The molecule has 4 heteroatoms. The van der Waals surface area contributed by atoms with Crippen LogP contribution < -0.4 is 10.1 Å². The first-order valence-electron chi connectivity index (χ1n) is 7.26. The molecule has 2 rings (SSSR count). The summed E-state index contributed by atoms with van der Waals surface area (Å²) in [5.41, 5.74) is 1.34. The third-order valence-corrected chi connectivity index (χ3v) is 3.77. The first-order chi connectivity index (χ1) is 9.72. The van der Waals surface area contributed by atoms with Crippen molar-refractivity contribution in [3.8, 4) is 5.75 Å². The van der Waals surface area contributed by atoms with Gasteiger partial charge in [-0.1, -0.05) is 12.1 Å². The molecular formula is C16H23NO3. The van der Waals surface area contributed by atoms with E-state index in [1.807, 2.05) is 19.1 Å². The largest absolute Gasteiger partial charge is 0.497 e. The van der Waals surface area contributed by atoms with Crippen molar-refractivity contribution in [2.24, 2.45) is 0 Å². The Morgan fingerprint density at radius 3 is 2.90 bits per heavy atom. The molecule has 0 saturated heterocycles. The zero-order chi connectivity index (χ0) is 14.4. The Balaban J connectivity index is 1.68. The molecule has 0 spiro atoms. The van der Waals surface area contributed by atoms with E-state index >= 15 is 0 Å². The molecule has 20 heavy (non-hydrogen) atoms. The molecular weight excluding hydrogens is 254 g/mol. The summed E-state index contributed by atoms with van der Waals surface area (Å²) in [5.74, 6) is 1.40. The number of hydrogen-bond acceptors (Lipinski definition) is 4. The fraction of sp³-hybridized carbons (Fsp3) is 0.562. The van der Waals surface area contributed by atoms with Crippen LogP contribution in [0.4, 0.5) is 0 Å². The van der Waals surface area contributed by atoms with Crippen molar-refractivity contribution in [1.82, 2.24) is 5.32 Å². The number of carbonyl (C=O) groups is 1. The van der Waals surface area contributed by atoms with Crippen LogP contribution in [0.2, 0.25) is 0 Å². The lowest BCUT2D eigenvalue weighted by molar-refractivity contribution is -0.143. The lowest BCUT2D eigenvalue weighted by Gasteiger charge is -2.36. The Labute approximate surface area is 120 Å². The number of methoxy groups -OCH3 is 1. The lowest BCUT2D eigenvalue weighted by Crippen LogP contribution is -2.41. The number of benzene rings is 1. The van der Waals surface area contributed by atoms with E-state index in [9.17, 15) is 4.79 Å². The maximum atomic E-state index is 11.2. The predicted octanol–water partition coefficient (Wildman–Crippen LogP) is 2.48. The van der Waals surface area contributed by atoms with Gasteiger partial charge in [0.05, 0.1) is 20.1 Å². The van der Waals surface area contributed by atoms with Crippen molar-refractivity contribution >= 4 is 5.97 Å². The molecule has 0 aromatic heterocycles. The second kappa shape index (κ2) is 7.29. The molecule has 0 heterocycles. The molecule has 0 amide bonds. The Morgan fingerprint density at radius 1 is 1.40 bits per heavy atom. The summed E-state index contributed by atoms with van der Waals surface area (Å²) in [6, 6.07) is 8.79. The van der Waals surface area contributed by atoms with Gasteiger partial charge in [0.15, 0.2) is 0 Å². The van der Waals surface area contributed by atoms with Crippen molar-refractivity contribution in [3.63, 3.8) is 0 Å². The summed E-state index contributed by atoms with van der Waals surface area (Å²) in [6.45, 7) is 2.99. The molecule has 1 fully saturated rings. The molecule has 1 saturated carbocycles. The van der Waals surface area contributed by atoms with Gasteiger partial charge in [0, 0.05) is 12.6 Å². The lowest BCUT2D eigenvalue weighted by atomic mass is 9.76. The first-order valence-corrected chi connectivity index (χ1v) is 7.26. The SMILES string of the molecule is CCOC(=O)CCNC1CC(c2cccc(OC)c2)C1. The van der Waals surface area contributed by atoms with Crippen LogP contribution in [0.5, 0.6) is 5.75 Å². The van der Waals surface area contributed by atoms with Gasteiger partial charge < -0.3 is 14.8 Å². The van der Waals surface area contributed by atoms with Crippen molar-refractivity contribution in [3.05, 3.63) is 29.8 Å². The molecule has 1 aromatic rings. The van der Waals surface area contributed by atoms with Gasteiger partial charge in [0.1, 0.15) is 5.75 Å². The maximum absolute atomic E-state index is 11.2. The van der Waals surface area contributed by atoms with Crippen molar-refractivity contribution in [2.45, 2.75) is 38.1 Å². The number of ether oxygens (including phenoxy) is 2. The topological polar surface area (TPSA) is 47.6 Å². The highest BCUT2D eigenvalue weighted by Crippen LogP contribution is 2.37. The minimum atomic E-state index is -0.122. The molecule has 0 atom stereocenters. The quantitative estimate of drug-likeness (QED) is 0.778. The Hall–Kier alpha value is -1.55. The van der Waals surface area contributed by atoms with E-state index in [-0.39, 0.29) is 5.97 Å². The van der Waals surface area contributed by atoms with Gasteiger partial charge in [-0.15, -0.1) is 0 Å². The summed E-state index contributed by atoms with van der Waals surface area (Å²) in [6.07, 6.45) is 2.69. The first kappa shape index (κ1) is 14.9. The molecule has 4 nitrogen and oxygen atoms in total. The number of carbonyl (C=O) groups excluding carboxylic acids is 1. The Bertz CT molecular complexity index is 441. The molecule has 110 valence electrons. The van der Waals surface area contributed by atoms with E-state index in [1.54, 1.807) is 7.11 Å². The van der Waals surface area contributed by atoms with E-state index in [0.29, 0.717) is 31.5 Å². The van der Waals surface area contributed by atoms with Crippen LogP contribution in [0.3, 0.4) is 0 Å². The van der Waals surface area contributed by atoms with Crippen LogP contribution in [-0.4, -0.2) is 32.3 Å². The van der Waals surface area contributed by atoms with Gasteiger partial charge in [-0.3, -0.25) is 4.79 Å². The van der Waals surface area contributed by atoms with Gasteiger partial charge in [0.2, 0.25) is 0 Å². The van der Waals surface area contributed by atoms with Crippen molar-refractivity contribution < 1.29 is 14.3 Å². The number of esters is 1. The smallest absolute Gasteiger partial charge is 0.307 e. The third kappa shape index (κ3) is 3.97. The zero-order valence-electron chi connectivity index (χ0n) is 12.2. The van der Waals surface area contributed by atoms with Crippen LogP contribution in [0.1, 0.15) is 37.7 Å². The number of hydrogen-bond donors (Lipinski definition) is 1. The average Bonchev–Trinajstić information content (AvgIpc) is 2.41. The highest BCUT2D eigenvalue weighted by molar-refractivity contribution is 5.69. The fourth-order valence-electron chi connectivity index (χ4n) is 2.56. The molecule has 0 unspecified atom stereocenters. The highest BCUT2D eigenvalue weighted by Gasteiger charge is 2.29. The summed E-state index contributed by atoms with van der Waals surface area (Å²) < 4.78 is 10.1. The van der Waals surface area contributed by atoms with Crippen LogP contribution in [0.15, 0.2) is 24.3 Å². The van der Waals surface area contributed by atoms with E-state index in [4.69, 9.17) is 9.47 Å². The Morgan fingerprint density at radius 2 is 2.20 bits per heavy atom. The van der Waals surface area contributed by atoms with Crippen LogP contribution in [-0.2, 0) is 9.53 Å². The minimum absolute atomic E-state index is 0.122. The van der Waals surface area contributed by atoms with Crippen LogP contribution >= 0.6 is 0 Å². The maximum Gasteiger partial charge on any atom is 0.307 e. The second-order valence-electron chi connectivity index (χ2n) is 5.15. The minimum Gasteiger partial charge on any atom is -0.497 e. The van der Waals surface area contributed by atoms with Gasteiger partial charge in [-0.2, -0.15) is 0 Å². The number of nitrogens with one attached hydrogen (secondary N) is 1. The molecule has 1 aliphatic carbocycles. The van der Waals surface area contributed by atoms with E-state index in [2.05, 4.69) is 17.4 Å². The van der Waals surface area contributed by atoms with E-state index in [1.165, 1.54) is 5.56 Å². The predicted molar refractivity (Wildman–Crippen MR) is 78.0 cm³/mol. The monoisotopic (exact) mass is 277 g/mol. The summed E-state index contributed by atoms with van der Waals surface area (Å²) in [7, 11) is 1.69. The van der Waals surface area contributed by atoms with Gasteiger partial charge in [-0.25, -0.2) is 0 Å². The van der Waals surface area contributed by atoms with E-state index < -0.39 is 0 Å². The normalized spacial score (nSPS) is 21.1. The van der Waals surface area contributed by atoms with Crippen LogP contribution in [0.25, 0.3) is 0 Å². The van der Waals surface area contributed by atoms with Gasteiger partial charge in [0.25, 0.3) is 0 Å². The molecule has 0 bridgehead atoms. The van der Waals surface area contributed by atoms with E-state index in [0.717, 1.165) is 18.6 Å². The standard InChI is InChI=1S/C16H23NO3/c1-3-20-16(18)7-8-17-14-9-13(10-14)12-5-4-6-15(11-12)19-2/h4-6,11,13-14,17H,3,7-10H2,1-2H3. The number of rotatable bonds is 7. The van der Waals surface area contributed by atoms with Gasteiger partial charge >= 0.3 is 5.97 Å². The molecule has 1 aromatic carbocycles. The summed E-state index contributed by atoms with van der Waals surface area (Å²) >= 11 is 0. The third-order valence-electron chi connectivity index (χ3n) is 3.77. The fourth-order valence-corrected chi connectivity index (χ4v) is 2.56. The molecule has 1 N–H and O–H groups in total. The zero-order valence-corrected chi connectivity index (χ0v) is 12.2. The van der Waals surface area contributed by atoms with Crippen molar-refractivity contribution in [2.75, 3.05) is 20.3 Å². The molecule has 1 aliphatic rings. The highest BCUT2D eigenvalue weighted by atomic mass is 16.5.